The van der Waals surface area contributed by atoms with Gasteiger partial charge in [0.05, 0.1) is 20.1 Å². The molecule has 1 unspecified atom stereocenters. The van der Waals surface area contributed by atoms with Gasteiger partial charge in [-0.25, -0.2) is 0 Å². The zero-order valence-corrected chi connectivity index (χ0v) is 11.5. The molecule has 0 fully saturated rings. The van der Waals surface area contributed by atoms with E-state index in [4.69, 9.17) is 9.47 Å². The van der Waals surface area contributed by atoms with Gasteiger partial charge in [0.15, 0.2) is 0 Å². The minimum atomic E-state index is -0.160. The normalized spacial score (nSPS) is 11.8. The maximum absolute atomic E-state index is 11.6. The molecule has 1 aromatic rings. The summed E-state index contributed by atoms with van der Waals surface area (Å²) in [6, 6.07) is 7.77. The fourth-order valence-electron chi connectivity index (χ4n) is 1.82. The summed E-state index contributed by atoms with van der Waals surface area (Å²) in [6.45, 7) is 2.62. The molecule has 0 heterocycles. The van der Waals surface area contributed by atoms with E-state index in [0.29, 0.717) is 6.54 Å². The van der Waals surface area contributed by atoms with E-state index < -0.39 is 0 Å². The smallest absolute Gasteiger partial charge is 0.310 e. The van der Waals surface area contributed by atoms with E-state index in [1.165, 1.54) is 7.11 Å². The molecule has 4 heteroatoms. The van der Waals surface area contributed by atoms with Gasteiger partial charge >= 0.3 is 5.97 Å². The van der Waals surface area contributed by atoms with Crippen LogP contribution >= 0.6 is 0 Å². The Labute approximate surface area is 108 Å². The lowest BCUT2D eigenvalue weighted by Gasteiger charge is -2.24. The number of ether oxygens (including phenoxy) is 2. The molecular weight excluding hydrogens is 230 g/mol. The topological polar surface area (TPSA) is 38.8 Å². The summed E-state index contributed by atoms with van der Waals surface area (Å²) in [4.78, 5) is 13.6. The van der Waals surface area contributed by atoms with Gasteiger partial charge < -0.3 is 14.4 Å². The lowest BCUT2D eigenvalue weighted by Crippen LogP contribution is -2.30. The monoisotopic (exact) mass is 251 g/mol. The standard InChI is InChI=1S/C14H21NO3/c1-5-11(14(16)18-4)10-15(2)12-7-6-8-13(9-12)17-3/h6-9,11H,5,10H2,1-4H3. The Morgan fingerprint density at radius 1 is 1.39 bits per heavy atom. The first kappa shape index (κ1) is 14.4. The third-order valence-corrected chi connectivity index (χ3v) is 3.02. The van der Waals surface area contributed by atoms with Crippen molar-refractivity contribution in [2.75, 3.05) is 32.7 Å². The molecule has 0 saturated carbocycles. The van der Waals surface area contributed by atoms with E-state index in [-0.39, 0.29) is 11.9 Å². The van der Waals surface area contributed by atoms with Gasteiger partial charge in [-0.05, 0) is 18.6 Å². The van der Waals surface area contributed by atoms with Crippen LogP contribution in [0.5, 0.6) is 5.75 Å². The lowest BCUT2D eigenvalue weighted by atomic mass is 10.1. The molecule has 1 aromatic carbocycles. The van der Waals surface area contributed by atoms with Crippen molar-refractivity contribution < 1.29 is 14.3 Å². The number of carbonyl (C=O) groups is 1. The first-order chi connectivity index (χ1) is 8.62. The molecule has 0 aliphatic carbocycles. The van der Waals surface area contributed by atoms with Crippen molar-refractivity contribution in [1.82, 2.24) is 0 Å². The highest BCUT2D eigenvalue weighted by atomic mass is 16.5. The average Bonchev–Trinajstić information content (AvgIpc) is 2.43. The number of methoxy groups -OCH3 is 2. The first-order valence-corrected chi connectivity index (χ1v) is 6.05. The molecule has 0 aromatic heterocycles. The van der Waals surface area contributed by atoms with Crippen LogP contribution in [0.25, 0.3) is 0 Å². The van der Waals surface area contributed by atoms with Crippen molar-refractivity contribution in [1.29, 1.82) is 0 Å². The van der Waals surface area contributed by atoms with Crippen LogP contribution in [0.3, 0.4) is 0 Å². The van der Waals surface area contributed by atoms with Gasteiger partial charge in [0.25, 0.3) is 0 Å². The van der Waals surface area contributed by atoms with Crippen molar-refractivity contribution in [2.45, 2.75) is 13.3 Å². The Bertz CT molecular complexity index is 392. The maximum atomic E-state index is 11.6. The van der Waals surface area contributed by atoms with E-state index in [9.17, 15) is 4.79 Å². The molecule has 0 spiro atoms. The predicted molar refractivity (Wildman–Crippen MR) is 72.1 cm³/mol. The fourth-order valence-corrected chi connectivity index (χ4v) is 1.82. The molecule has 0 saturated heterocycles. The third kappa shape index (κ3) is 3.65. The summed E-state index contributed by atoms with van der Waals surface area (Å²) in [7, 11) is 5.03. The third-order valence-electron chi connectivity index (χ3n) is 3.02. The van der Waals surface area contributed by atoms with E-state index in [2.05, 4.69) is 0 Å². The lowest BCUT2D eigenvalue weighted by molar-refractivity contribution is -0.145. The van der Waals surface area contributed by atoms with Crippen molar-refractivity contribution in [2.24, 2.45) is 5.92 Å². The first-order valence-electron chi connectivity index (χ1n) is 6.05. The fraction of sp³-hybridized carbons (Fsp3) is 0.500. The Hall–Kier alpha value is -1.71. The minimum absolute atomic E-state index is 0.105. The van der Waals surface area contributed by atoms with Crippen molar-refractivity contribution in [3.05, 3.63) is 24.3 Å². The Morgan fingerprint density at radius 3 is 2.67 bits per heavy atom. The second-order valence-corrected chi connectivity index (χ2v) is 4.21. The second kappa shape index (κ2) is 6.89. The highest BCUT2D eigenvalue weighted by molar-refractivity contribution is 5.73. The van der Waals surface area contributed by atoms with Crippen LogP contribution in [0, 0.1) is 5.92 Å². The number of esters is 1. The summed E-state index contributed by atoms with van der Waals surface area (Å²) in [5, 5.41) is 0. The van der Waals surface area contributed by atoms with Gasteiger partial charge in [-0.2, -0.15) is 0 Å². The zero-order valence-electron chi connectivity index (χ0n) is 11.5. The highest BCUT2D eigenvalue weighted by Crippen LogP contribution is 2.21. The maximum Gasteiger partial charge on any atom is 0.310 e. The molecule has 0 amide bonds. The van der Waals surface area contributed by atoms with Crippen molar-refractivity contribution in [3.8, 4) is 5.75 Å². The number of hydrogen-bond acceptors (Lipinski definition) is 4. The molecule has 1 atom stereocenters. The van der Waals surface area contributed by atoms with Crippen LogP contribution < -0.4 is 9.64 Å². The molecule has 1 rings (SSSR count). The molecule has 4 nitrogen and oxygen atoms in total. The second-order valence-electron chi connectivity index (χ2n) is 4.21. The zero-order chi connectivity index (χ0) is 13.5. The number of anilines is 1. The Balaban J connectivity index is 2.73. The minimum Gasteiger partial charge on any atom is -0.497 e. The number of nitrogens with zero attached hydrogens (tertiary/aromatic N) is 1. The molecule has 0 aliphatic rings. The number of benzene rings is 1. The number of hydrogen-bond donors (Lipinski definition) is 0. The van der Waals surface area contributed by atoms with Gasteiger partial charge in [0.1, 0.15) is 5.75 Å². The van der Waals surface area contributed by atoms with Crippen LogP contribution in [-0.2, 0) is 9.53 Å². The van der Waals surface area contributed by atoms with Crippen LogP contribution in [-0.4, -0.2) is 33.8 Å². The molecular formula is C14H21NO3. The van der Waals surface area contributed by atoms with Gasteiger partial charge in [0.2, 0.25) is 0 Å². The van der Waals surface area contributed by atoms with Crippen LogP contribution in [0.15, 0.2) is 24.3 Å². The number of rotatable bonds is 6. The van der Waals surface area contributed by atoms with Crippen LogP contribution in [0.2, 0.25) is 0 Å². The van der Waals surface area contributed by atoms with Crippen LogP contribution in [0.1, 0.15) is 13.3 Å². The van der Waals surface area contributed by atoms with E-state index in [0.717, 1.165) is 17.9 Å². The molecule has 18 heavy (non-hydrogen) atoms. The summed E-state index contributed by atoms with van der Waals surface area (Å²) >= 11 is 0. The SMILES string of the molecule is CCC(CN(C)c1cccc(OC)c1)C(=O)OC. The van der Waals surface area contributed by atoms with Gasteiger partial charge in [-0.15, -0.1) is 0 Å². The highest BCUT2D eigenvalue weighted by Gasteiger charge is 2.19. The van der Waals surface area contributed by atoms with E-state index in [1.54, 1.807) is 7.11 Å². The van der Waals surface area contributed by atoms with Gasteiger partial charge in [-0.3, -0.25) is 4.79 Å². The quantitative estimate of drug-likeness (QED) is 0.727. The van der Waals surface area contributed by atoms with E-state index in [1.807, 2.05) is 43.1 Å². The predicted octanol–water partition coefficient (Wildman–Crippen LogP) is 2.33. The molecule has 0 bridgehead atoms. The van der Waals surface area contributed by atoms with Crippen LogP contribution in [0.4, 0.5) is 5.69 Å². The Kier molecular flexibility index (Phi) is 5.49. The molecule has 0 N–H and O–H groups in total. The summed E-state index contributed by atoms with van der Waals surface area (Å²) in [6.07, 6.45) is 0.765. The summed E-state index contributed by atoms with van der Waals surface area (Å²) < 4.78 is 9.98. The largest absolute Gasteiger partial charge is 0.497 e. The van der Waals surface area contributed by atoms with Gasteiger partial charge in [0, 0.05) is 25.3 Å². The molecule has 0 aliphatic heterocycles. The van der Waals surface area contributed by atoms with Crippen molar-refractivity contribution >= 4 is 11.7 Å². The summed E-state index contributed by atoms with van der Waals surface area (Å²) in [5.74, 6) is 0.545. The average molecular weight is 251 g/mol. The molecule has 0 radical (unpaired) electrons. The van der Waals surface area contributed by atoms with E-state index >= 15 is 0 Å². The Morgan fingerprint density at radius 2 is 2.11 bits per heavy atom. The summed E-state index contributed by atoms with van der Waals surface area (Å²) in [5.41, 5.74) is 1.02. The van der Waals surface area contributed by atoms with Gasteiger partial charge in [-0.1, -0.05) is 13.0 Å². The molecule has 100 valence electrons. The van der Waals surface area contributed by atoms with Crippen molar-refractivity contribution in [3.63, 3.8) is 0 Å². The number of carbonyl (C=O) groups excluding carboxylic acids is 1.